The summed E-state index contributed by atoms with van der Waals surface area (Å²) in [6, 6.07) is 8.23. The molecule has 0 aromatic heterocycles. The molecular weight excluding hydrogens is 194 g/mol. The lowest BCUT2D eigenvalue weighted by Crippen LogP contribution is -2.35. The smallest absolute Gasteiger partial charge is 0.0433 e. The summed E-state index contributed by atoms with van der Waals surface area (Å²) in [4.78, 5) is 0. The second-order valence-electron chi connectivity index (χ2n) is 3.98. The Morgan fingerprint density at radius 2 is 2.36 bits per heavy atom. The average molecular weight is 210 g/mol. The molecule has 0 radical (unpaired) electrons. The van der Waals surface area contributed by atoms with E-state index in [4.69, 9.17) is 11.6 Å². The normalized spacial score (nSPS) is 26.7. The highest BCUT2D eigenvalue weighted by Crippen LogP contribution is 2.34. The molecule has 1 aliphatic heterocycles. The first kappa shape index (κ1) is 10.0. The van der Waals surface area contributed by atoms with Crippen LogP contribution in [0.15, 0.2) is 24.3 Å². The Morgan fingerprint density at radius 3 is 2.93 bits per heavy atom. The van der Waals surface area contributed by atoms with Crippen molar-refractivity contribution in [2.24, 2.45) is 0 Å². The highest BCUT2D eigenvalue weighted by molar-refractivity contribution is 6.30. The second kappa shape index (κ2) is 3.92. The minimum atomic E-state index is 0.185. The minimum Gasteiger partial charge on any atom is -0.307 e. The molecule has 0 saturated carbocycles. The third-order valence-electron chi connectivity index (χ3n) is 3.22. The Morgan fingerprint density at radius 1 is 1.50 bits per heavy atom. The molecule has 1 nitrogen and oxygen atoms in total. The predicted molar refractivity (Wildman–Crippen MR) is 60.7 cm³/mol. The Bertz CT molecular complexity index is 316. The monoisotopic (exact) mass is 209 g/mol. The van der Waals surface area contributed by atoms with Crippen molar-refractivity contribution in [1.82, 2.24) is 5.32 Å². The average Bonchev–Trinajstić information content (AvgIpc) is 2.67. The van der Waals surface area contributed by atoms with Gasteiger partial charge in [-0.05, 0) is 43.5 Å². The van der Waals surface area contributed by atoms with Gasteiger partial charge in [-0.15, -0.1) is 0 Å². The predicted octanol–water partition coefficient (Wildman–Crippen LogP) is 3.33. The highest BCUT2D eigenvalue weighted by atomic mass is 35.5. The van der Waals surface area contributed by atoms with Crippen LogP contribution in [0.3, 0.4) is 0 Å². The molecule has 0 aliphatic carbocycles. The van der Waals surface area contributed by atoms with E-state index in [9.17, 15) is 0 Å². The van der Waals surface area contributed by atoms with Crippen LogP contribution in [0.5, 0.6) is 0 Å². The molecule has 1 fully saturated rings. The first-order valence-corrected chi connectivity index (χ1v) is 5.66. The molecule has 2 heteroatoms. The SMILES string of the molecule is CCC1(c2cccc(Cl)c2)CCCN1. The van der Waals surface area contributed by atoms with E-state index in [1.807, 2.05) is 12.1 Å². The molecule has 1 N–H and O–H groups in total. The van der Waals surface area contributed by atoms with E-state index >= 15 is 0 Å². The lowest BCUT2D eigenvalue weighted by molar-refractivity contribution is 0.376. The summed E-state index contributed by atoms with van der Waals surface area (Å²) in [6.45, 7) is 3.36. The van der Waals surface area contributed by atoms with Gasteiger partial charge in [-0.25, -0.2) is 0 Å². The minimum absolute atomic E-state index is 0.185. The van der Waals surface area contributed by atoms with Gasteiger partial charge in [0, 0.05) is 10.6 Å². The Labute approximate surface area is 90.5 Å². The van der Waals surface area contributed by atoms with Gasteiger partial charge in [-0.1, -0.05) is 30.7 Å². The van der Waals surface area contributed by atoms with E-state index in [1.54, 1.807) is 0 Å². The molecule has 1 aromatic rings. The van der Waals surface area contributed by atoms with Gasteiger partial charge in [0.2, 0.25) is 0 Å². The van der Waals surface area contributed by atoms with Gasteiger partial charge in [0.05, 0.1) is 0 Å². The summed E-state index contributed by atoms with van der Waals surface area (Å²) < 4.78 is 0. The summed E-state index contributed by atoms with van der Waals surface area (Å²) in [5, 5.41) is 4.44. The Kier molecular flexibility index (Phi) is 2.80. The third kappa shape index (κ3) is 1.67. The summed E-state index contributed by atoms with van der Waals surface area (Å²) in [7, 11) is 0. The van der Waals surface area contributed by atoms with Crippen LogP contribution in [0, 0.1) is 0 Å². The van der Waals surface area contributed by atoms with Crippen molar-refractivity contribution in [2.45, 2.75) is 31.7 Å². The van der Waals surface area contributed by atoms with E-state index in [2.05, 4.69) is 24.4 Å². The number of rotatable bonds is 2. The second-order valence-corrected chi connectivity index (χ2v) is 4.41. The molecule has 1 atom stereocenters. The van der Waals surface area contributed by atoms with Crippen LogP contribution >= 0.6 is 11.6 Å². The molecule has 1 unspecified atom stereocenters. The fourth-order valence-corrected chi connectivity index (χ4v) is 2.53. The first-order chi connectivity index (χ1) is 6.77. The molecule has 0 spiro atoms. The fourth-order valence-electron chi connectivity index (χ4n) is 2.34. The molecule has 1 aliphatic rings. The maximum absolute atomic E-state index is 6.01. The first-order valence-electron chi connectivity index (χ1n) is 5.28. The molecule has 1 aromatic carbocycles. The molecule has 14 heavy (non-hydrogen) atoms. The van der Waals surface area contributed by atoms with Gasteiger partial charge < -0.3 is 5.32 Å². The molecule has 2 rings (SSSR count). The largest absolute Gasteiger partial charge is 0.307 e. The van der Waals surface area contributed by atoms with Crippen molar-refractivity contribution < 1.29 is 0 Å². The maximum atomic E-state index is 6.01. The standard InChI is InChI=1S/C12H16ClN/c1-2-12(7-4-8-14-12)10-5-3-6-11(13)9-10/h3,5-6,9,14H,2,4,7-8H2,1H3. The fraction of sp³-hybridized carbons (Fsp3) is 0.500. The van der Waals surface area contributed by atoms with Crippen molar-refractivity contribution in [2.75, 3.05) is 6.54 Å². The molecule has 1 heterocycles. The lowest BCUT2D eigenvalue weighted by atomic mass is 9.86. The highest BCUT2D eigenvalue weighted by Gasteiger charge is 2.33. The quantitative estimate of drug-likeness (QED) is 0.788. The van der Waals surface area contributed by atoms with Crippen molar-refractivity contribution in [3.63, 3.8) is 0 Å². The number of halogens is 1. The van der Waals surface area contributed by atoms with Crippen LogP contribution in [0.2, 0.25) is 5.02 Å². The van der Waals surface area contributed by atoms with Crippen molar-refractivity contribution >= 4 is 11.6 Å². The van der Waals surface area contributed by atoms with E-state index in [-0.39, 0.29) is 5.54 Å². The van der Waals surface area contributed by atoms with Crippen LogP contribution in [0.1, 0.15) is 31.7 Å². The van der Waals surface area contributed by atoms with Gasteiger partial charge in [0.1, 0.15) is 0 Å². The molecular formula is C12H16ClN. The van der Waals surface area contributed by atoms with Crippen LogP contribution in [-0.2, 0) is 5.54 Å². The molecule has 76 valence electrons. The zero-order chi connectivity index (χ0) is 10.0. The molecule has 0 amide bonds. The van der Waals surface area contributed by atoms with E-state index in [1.165, 1.54) is 18.4 Å². The topological polar surface area (TPSA) is 12.0 Å². The van der Waals surface area contributed by atoms with Crippen molar-refractivity contribution in [3.8, 4) is 0 Å². The number of benzene rings is 1. The summed E-state index contributed by atoms with van der Waals surface area (Å²) in [5.41, 5.74) is 1.52. The summed E-state index contributed by atoms with van der Waals surface area (Å²) >= 11 is 6.01. The number of hydrogen-bond donors (Lipinski definition) is 1. The third-order valence-corrected chi connectivity index (χ3v) is 3.46. The zero-order valence-electron chi connectivity index (χ0n) is 8.52. The molecule has 1 saturated heterocycles. The zero-order valence-corrected chi connectivity index (χ0v) is 9.27. The van der Waals surface area contributed by atoms with Gasteiger partial charge in [0.25, 0.3) is 0 Å². The van der Waals surface area contributed by atoms with Gasteiger partial charge in [-0.3, -0.25) is 0 Å². The number of nitrogens with one attached hydrogen (secondary N) is 1. The summed E-state index contributed by atoms with van der Waals surface area (Å²) in [5.74, 6) is 0. The van der Waals surface area contributed by atoms with Crippen LogP contribution in [0.4, 0.5) is 0 Å². The van der Waals surface area contributed by atoms with Crippen molar-refractivity contribution in [1.29, 1.82) is 0 Å². The van der Waals surface area contributed by atoms with Gasteiger partial charge >= 0.3 is 0 Å². The van der Waals surface area contributed by atoms with Gasteiger partial charge in [-0.2, -0.15) is 0 Å². The van der Waals surface area contributed by atoms with E-state index in [0.29, 0.717) is 0 Å². The molecule has 0 bridgehead atoms. The van der Waals surface area contributed by atoms with Gasteiger partial charge in [0.15, 0.2) is 0 Å². The van der Waals surface area contributed by atoms with Crippen LogP contribution in [-0.4, -0.2) is 6.54 Å². The Balaban J connectivity index is 2.35. The van der Waals surface area contributed by atoms with E-state index < -0.39 is 0 Å². The Hall–Kier alpha value is -0.530. The van der Waals surface area contributed by atoms with E-state index in [0.717, 1.165) is 18.0 Å². The lowest BCUT2D eigenvalue weighted by Gasteiger charge is -2.29. The number of hydrogen-bond acceptors (Lipinski definition) is 1. The van der Waals surface area contributed by atoms with Crippen LogP contribution < -0.4 is 5.32 Å². The van der Waals surface area contributed by atoms with Crippen molar-refractivity contribution in [3.05, 3.63) is 34.9 Å². The van der Waals surface area contributed by atoms with Crippen LogP contribution in [0.25, 0.3) is 0 Å². The maximum Gasteiger partial charge on any atom is 0.0433 e. The summed E-state index contributed by atoms with van der Waals surface area (Å²) in [6.07, 6.45) is 3.62.